The second kappa shape index (κ2) is 8.38. The first-order valence-corrected chi connectivity index (χ1v) is 8.72. The molecule has 0 aromatic heterocycles. The molecule has 26 heavy (non-hydrogen) atoms. The molecular formula is C20H23N3O3. The number of nitrogens with one attached hydrogen (secondary N) is 2. The van der Waals surface area contributed by atoms with Gasteiger partial charge in [0.25, 0.3) is 0 Å². The fourth-order valence-electron chi connectivity index (χ4n) is 2.86. The van der Waals surface area contributed by atoms with Gasteiger partial charge in [0.15, 0.2) is 0 Å². The fourth-order valence-corrected chi connectivity index (χ4v) is 2.86. The molecule has 0 aliphatic carbocycles. The maximum absolute atomic E-state index is 12.1. The standard InChI is InChI=1S/C20H23N3O3/c1-15(17-7-3-2-4-8-17)13-21-19(24)22-18-9-5-6-16(12-18)14-23-10-11-26-20(23)25/h2-9,12,15H,10-11,13-14H2,1H3,(H2,21,22,24). The summed E-state index contributed by atoms with van der Waals surface area (Å²) in [5, 5.41) is 5.73. The molecule has 0 radical (unpaired) electrons. The van der Waals surface area contributed by atoms with Gasteiger partial charge in [0.1, 0.15) is 6.61 Å². The average Bonchev–Trinajstić information content (AvgIpc) is 3.05. The predicted octanol–water partition coefficient (Wildman–Crippen LogP) is 3.56. The number of anilines is 1. The first-order valence-electron chi connectivity index (χ1n) is 8.72. The molecule has 1 atom stereocenters. The van der Waals surface area contributed by atoms with Crippen molar-refractivity contribution in [3.63, 3.8) is 0 Å². The summed E-state index contributed by atoms with van der Waals surface area (Å²) in [5.74, 6) is 0.231. The summed E-state index contributed by atoms with van der Waals surface area (Å²) in [6, 6.07) is 17.3. The zero-order valence-corrected chi connectivity index (χ0v) is 14.8. The number of nitrogens with zero attached hydrogens (tertiary/aromatic N) is 1. The molecule has 0 bridgehead atoms. The molecule has 1 aliphatic rings. The topological polar surface area (TPSA) is 70.7 Å². The third kappa shape index (κ3) is 4.75. The van der Waals surface area contributed by atoms with Crippen LogP contribution >= 0.6 is 0 Å². The van der Waals surface area contributed by atoms with E-state index < -0.39 is 0 Å². The van der Waals surface area contributed by atoms with Gasteiger partial charge in [-0.15, -0.1) is 0 Å². The van der Waals surface area contributed by atoms with Crippen molar-refractivity contribution in [2.24, 2.45) is 0 Å². The Morgan fingerprint density at radius 2 is 2.00 bits per heavy atom. The van der Waals surface area contributed by atoms with Crippen LogP contribution in [-0.4, -0.2) is 36.7 Å². The SMILES string of the molecule is CC(CNC(=O)Nc1cccc(CN2CCOC2=O)c1)c1ccccc1. The molecule has 1 aliphatic heterocycles. The number of hydrogen-bond donors (Lipinski definition) is 2. The molecule has 2 aromatic carbocycles. The smallest absolute Gasteiger partial charge is 0.410 e. The number of cyclic esters (lactones) is 1. The van der Waals surface area contributed by atoms with Crippen molar-refractivity contribution in [3.8, 4) is 0 Å². The number of rotatable bonds is 6. The molecule has 3 rings (SSSR count). The van der Waals surface area contributed by atoms with Gasteiger partial charge in [0, 0.05) is 18.8 Å². The summed E-state index contributed by atoms with van der Waals surface area (Å²) in [5.41, 5.74) is 2.83. The molecule has 2 N–H and O–H groups in total. The highest BCUT2D eigenvalue weighted by Gasteiger charge is 2.21. The monoisotopic (exact) mass is 353 g/mol. The van der Waals surface area contributed by atoms with E-state index in [1.165, 1.54) is 5.56 Å². The van der Waals surface area contributed by atoms with Crippen molar-refractivity contribution in [1.82, 2.24) is 10.2 Å². The van der Waals surface area contributed by atoms with Gasteiger partial charge in [0.2, 0.25) is 0 Å². The maximum Gasteiger partial charge on any atom is 0.410 e. The lowest BCUT2D eigenvalue weighted by atomic mass is 10.0. The van der Waals surface area contributed by atoms with Gasteiger partial charge >= 0.3 is 12.1 Å². The van der Waals surface area contributed by atoms with E-state index in [2.05, 4.69) is 29.7 Å². The molecular weight excluding hydrogens is 330 g/mol. The largest absolute Gasteiger partial charge is 0.448 e. The maximum atomic E-state index is 12.1. The molecule has 6 nitrogen and oxygen atoms in total. The summed E-state index contributed by atoms with van der Waals surface area (Å²) in [4.78, 5) is 25.3. The van der Waals surface area contributed by atoms with Crippen LogP contribution in [0.4, 0.5) is 15.3 Å². The van der Waals surface area contributed by atoms with E-state index >= 15 is 0 Å². The number of benzene rings is 2. The van der Waals surface area contributed by atoms with Crippen LogP contribution in [0.3, 0.4) is 0 Å². The average molecular weight is 353 g/mol. The highest BCUT2D eigenvalue weighted by Crippen LogP contribution is 2.16. The summed E-state index contributed by atoms with van der Waals surface area (Å²) >= 11 is 0. The van der Waals surface area contributed by atoms with Crippen molar-refractivity contribution in [2.45, 2.75) is 19.4 Å². The van der Waals surface area contributed by atoms with E-state index in [9.17, 15) is 9.59 Å². The Morgan fingerprint density at radius 3 is 2.73 bits per heavy atom. The minimum absolute atomic E-state index is 0.231. The Labute approximate surface area is 153 Å². The van der Waals surface area contributed by atoms with Crippen LogP contribution in [0, 0.1) is 0 Å². The second-order valence-corrected chi connectivity index (χ2v) is 6.38. The molecule has 1 unspecified atom stereocenters. The Bertz CT molecular complexity index is 764. The van der Waals surface area contributed by atoms with Crippen LogP contribution < -0.4 is 10.6 Å². The van der Waals surface area contributed by atoms with Gasteiger partial charge in [-0.05, 0) is 29.2 Å². The molecule has 136 valence electrons. The Kier molecular flexibility index (Phi) is 5.73. The highest BCUT2D eigenvalue weighted by atomic mass is 16.6. The molecule has 1 fully saturated rings. The number of amides is 3. The van der Waals surface area contributed by atoms with Crippen molar-refractivity contribution < 1.29 is 14.3 Å². The molecule has 6 heteroatoms. The zero-order chi connectivity index (χ0) is 18.4. The summed E-state index contributed by atoms with van der Waals surface area (Å²) < 4.78 is 4.93. The number of hydrogen-bond acceptors (Lipinski definition) is 3. The molecule has 2 aromatic rings. The lowest BCUT2D eigenvalue weighted by Gasteiger charge is -2.15. The van der Waals surface area contributed by atoms with Crippen molar-refractivity contribution >= 4 is 17.8 Å². The van der Waals surface area contributed by atoms with Crippen molar-refractivity contribution in [2.75, 3.05) is 25.0 Å². The number of carbonyl (C=O) groups excluding carboxylic acids is 2. The van der Waals surface area contributed by atoms with Gasteiger partial charge in [0.05, 0.1) is 6.54 Å². The van der Waals surface area contributed by atoms with Gasteiger partial charge < -0.3 is 20.3 Å². The van der Waals surface area contributed by atoms with Crippen LogP contribution in [0.25, 0.3) is 0 Å². The fraction of sp³-hybridized carbons (Fsp3) is 0.300. The molecule has 0 spiro atoms. The normalized spacial score (nSPS) is 14.7. The zero-order valence-electron chi connectivity index (χ0n) is 14.8. The lowest BCUT2D eigenvalue weighted by Crippen LogP contribution is -2.31. The van der Waals surface area contributed by atoms with Gasteiger partial charge in [-0.2, -0.15) is 0 Å². The molecule has 0 saturated carbocycles. The Hall–Kier alpha value is -3.02. The number of urea groups is 1. The van der Waals surface area contributed by atoms with Crippen molar-refractivity contribution in [1.29, 1.82) is 0 Å². The predicted molar refractivity (Wildman–Crippen MR) is 100 cm³/mol. The van der Waals surface area contributed by atoms with Crippen LogP contribution in [0.5, 0.6) is 0 Å². The lowest BCUT2D eigenvalue weighted by molar-refractivity contribution is 0.157. The highest BCUT2D eigenvalue weighted by molar-refractivity contribution is 5.89. The Balaban J connectivity index is 1.51. The van der Waals surface area contributed by atoms with Crippen LogP contribution in [0.2, 0.25) is 0 Å². The third-order valence-corrected chi connectivity index (χ3v) is 4.34. The van der Waals surface area contributed by atoms with E-state index in [0.29, 0.717) is 31.9 Å². The van der Waals surface area contributed by atoms with E-state index in [1.807, 2.05) is 42.5 Å². The summed E-state index contributed by atoms with van der Waals surface area (Å²) in [7, 11) is 0. The van der Waals surface area contributed by atoms with Gasteiger partial charge in [-0.3, -0.25) is 0 Å². The van der Waals surface area contributed by atoms with Crippen LogP contribution in [-0.2, 0) is 11.3 Å². The quantitative estimate of drug-likeness (QED) is 0.834. The van der Waals surface area contributed by atoms with E-state index in [-0.39, 0.29) is 18.0 Å². The van der Waals surface area contributed by atoms with Gasteiger partial charge in [-0.25, -0.2) is 9.59 Å². The van der Waals surface area contributed by atoms with E-state index in [1.54, 1.807) is 4.90 Å². The third-order valence-electron chi connectivity index (χ3n) is 4.34. The molecule has 1 heterocycles. The first-order chi connectivity index (χ1) is 12.6. The summed E-state index contributed by atoms with van der Waals surface area (Å²) in [6.07, 6.45) is -0.295. The van der Waals surface area contributed by atoms with Crippen LogP contribution in [0.1, 0.15) is 24.0 Å². The second-order valence-electron chi connectivity index (χ2n) is 6.38. The molecule has 1 saturated heterocycles. The van der Waals surface area contributed by atoms with Crippen LogP contribution in [0.15, 0.2) is 54.6 Å². The Morgan fingerprint density at radius 1 is 1.19 bits per heavy atom. The van der Waals surface area contributed by atoms with Gasteiger partial charge in [-0.1, -0.05) is 49.4 Å². The minimum Gasteiger partial charge on any atom is -0.448 e. The number of carbonyl (C=O) groups is 2. The van der Waals surface area contributed by atoms with Crippen molar-refractivity contribution in [3.05, 3.63) is 65.7 Å². The number of ether oxygens (including phenoxy) is 1. The summed E-state index contributed by atoms with van der Waals surface area (Å²) in [6.45, 7) is 4.12. The minimum atomic E-state index is -0.295. The first kappa shape index (κ1) is 17.8. The molecule has 3 amide bonds. The van der Waals surface area contributed by atoms with E-state index in [4.69, 9.17) is 4.74 Å². The van der Waals surface area contributed by atoms with E-state index in [0.717, 1.165) is 5.56 Å².